The zero-order valence-corrected chi connectivity index (χ0v) is 15.3. The van der Waals surface area contributed by atoms with Crippen LogP contribution >= 0.6 is 11.8 Å². The molecular weight excluding hydrogens is 322 g/mol. The Morgan fingerprint density at radius 3 is 2.79 bits per heavy atom. The molecule has 24 heavy (non-hydrogen) atoms. The molecule has 0 fully saturated rings. The van der Waals surface area contributed by atoms with Crippen molar-refractivity contribution in [3.05, 3.63) is 52.1 Å². The Balaban J connectivity index is 2.32. The summed E-state index contributed by atoms with van der Waals surface area (Å²) in [6.07, 6.45) is 6.22. The molecule has 6 heteroatoms. The largest absolute Gasteiger partial charge is 0.319 e. The van der Waals surface area contributed by atoms with Crippen LogP contribution in [0.4, 0.5) is 5.69 Å². The Kier molecular flexibility index (Phi) is 6.20. The van der Waals surface area contributed by atoms with Gasteiger partial charge in [-0.25, -0.2) is 4.98 Å². The van der Waals surface area contributed by atoms with Crippen molar-refractivity contribution in [3.63, 3.8) is 0 Å². The maximum absolute atomic E-state index is 12.7. The number of amides is 1. The van der Waals surface area contributed by atoms with Gasteiger partial charge in [0.2, 0.25) is 0 Å². The topological polar surface area (TPSA) is 64.0 Å². The number of carbonyl (C=O) groups is 1. The molecule has 0 atom stereocenters. The number of nitrogens with zero attached hydrogens (tertiary/aromatic N) is 2. The number of carbonyl (C=O) groups excluding carboxylic acids is 1. The predicted molar refractivity (Wildman–Crippen MR) is 98.9 cm³/mol. The first-order valence-electron chi connectivity index (χ1n) is 7.94. The summed E-state index contributed by atoms with van der Waals surface area (Å²) in [5.41, 5.74) is 1.24. The minimum atomic E-state index is -0.389. The summed E-state index contributed by atoms with van der Waals surface area (Å²) in [4.78, 5) is 29.5. The molecule has 2 aromatic rings. The van der Waals surface area contributed by atoms with Gasteiger partial charge in [-0.3, -0.25) is 9.59 Å². The van der Waals surface area contributed by atoms with Gasteiger partial charge in [-0.2, -0.15) is 0 Å². The van der Waals surface area contributed by atoms with Gasteiger partial charge in [-0.05, 0) is 49.3 Å². The summed E-state index contributed by atoms with van der Waals surface area (Å²) in [6.45, 7) is 6.61. The van der Waals surface area contributed by atoms with Gasteiger partial charge in [0, 0.05) is 18.9 Å². The maximum atomic E-state index is 12.7. The maximum Gasteiger partial charge on any atom is 0.263 e. The summed E-state index contributed by atoms with van der Waals surface area (Å²) in [6, 6.07) is 5.36. The average molecular weight is 345 g/mol. The second-order valence-corrected chi connectivity index (χ2v) is 6.86. The lowest BCUT2D eigenvalue weighted by atomic mass is 10.1. The molecular formula is C18H23N3O2S. The molecule has 2 heterocycles. The van der Waals surface area contributed by atoms with E-state index in [4.69, 9.17) is 0 Å². The van der Waals surface area contributed by atoms with Crippen LogP contribution in [0.15, 0.2) is 40.4 Å². The standard InChI is InChI=1S/C18H23N3O2S/c1-12(2)7-10-21-11-8-13(3)15(18(21)23)16(22)20-14-6-5-9-19-17(14)24-4/h5-6,8-9,11-12H,7,10H2,1-4H3,(H,20,22). The summed E-state index contributed by atoms with van der Waals surface area (Å²) in [5, 5.41) is 3.54. The highest BCUT2D eigenvalue weighted by atomic mass is 32.2. The Hall–Kier alpha value is -2.08. The first-order chi connectivity index (χ1) is 11.4. The van der Waals surface area contributed by atoms with Crippen LogP contribution in [-0.2, 0) is 6.54 Å². The molecule has 0 saturated heterocycles. The van der Waals surface area contributed by atoms with E-state index in [1.165, 1.54) is 11.8 Å². The second-order valence-electron chi connectivity index (χ2n) is 6.07. The highest BCUT2D eigenvalue weighted by molar-refractivity contribution is 7.98. The Morgan fingerprint density at radius 1 is 1.38 bits per heavy atom. The first kappa shape index (κ1) is 18.3. The smallest absolute Gasteiger partial charge is 0.263 e. The van der Waals surface area contributed by atoms with Crippen molar-refractivity contribution < 1.29 is 4.79 Å². The monoisotopic (exact) mass is 345 g/mol. The number of hydrogen-bond acceptors (Lipinski definition) is 4. The zero-order chi connectivity index (χ0) is 17.7. The Morgan fingerprint density at radius 2 is 2.12 bits per heavy atom. The molecule has 2 rings (SSSR count). The number of rotatable bonds is 6. The van der Waals surface area contributed by atoms with Crippen molar-refractivity contribution in [1.29, 1.82) is 0 Å². The quantitative estimate of drug-likeness (QED) is 0.813. The predicted octanol–water partition coefficient (Wildman–Crippen LogP) is 3.57. The van der Waals surface area contributed by atoms with Crippen LogP contribution in [0.1, 0.15) is 36.2 Å². The number of aromatic nitrogens is 2. The van der Waals surface area contributed by atoms with Crippen LogP contribution in [0, 0.1) is 12.8 Å². The zero-order valence-electron chi connectivity index (χ0n) is 14.5. The highest BCUT2D eigenvalue weighted by Crippen LogP contribution is 2.22. The molecule has 5 nitrogen and oxygen atoms in total. The Bertz CT molecular complexity index is 784. The van der Waals surface area contributed by atoms with E-state index in [1.54, 1.807) is 36.0 Å². The third-order valence-corrected chi connectivity index (χ3v) is 4.47. The number of nitrogens with one attached hydrogen (secondary N) is 1. The average Bonchev–Trinajstić information content (AvgIpc) is 2.54. The van der Waals surface area contributed by atoms with E-state index in [0.717, 1.165) is 11.4 Å². The number of anilines is 1. The molecule has 1 amide bonds. The molecule has 0 aromatic carbocycles. The van der Waals surface area contributed by atoms with Crippen LogP contribution in [0.3, 0.4) is 0 Å². The highest BCUT2D eigenvalue weighted by Gasteiger charge is 2.17. The fourth-order valence-corrected chi connectivity index (χ4v) is 2.85. The molecule has 0 bridgehead atoms. The van der Waals surface area contributed by atoms with E-state index in [2.05, 4.69) is 24.1 Å². The lowest BCUT2D eigenvalue weighted by Gasteiger charge is -2.13. The van der Waals surface area contributed by atoms with Crippen LogP contribution in [0.2, 0.25) is 0 Å². The van der Waals surface area contributed by atoms with Crippen molar-refractivity contribution in [2.75, 3.05) is 11.6 Å². The molecule has 0 aliphatic carbocycles. The minimum Gasteiger partial charge on any atom is -0.319 e. The lowest BCUT2D eigenvalue weighted by molar-refractivity contribution is 0.102. The van der Waals surface area contributed by atoms with Gasteiger partial charge in [0.1, 0.15) is 10.6 Å². The minimum absolute atomic E-state index is 0.192. The van der Waals surface area contributed by atoms with Crippen molar-refractivity contribution in [2.24, 2.45) is 5.92 Å². The summed E-state index contributed by atoms with van der Waals surface area (Å²) >= 11 is 1.45. The third-order valence-electron chi connectivity index (χ3n) is 3.76. The van der Waals surface area contributed by atoms with Crippen molar-refractivity contribution in [1.82, 2.24) is 9.55 Å². The fourth-order valence-electron chi connectivity index (χ4n) is 2.35. The van der Waals surface area contributed by atoms with Crippen molar-refractivity contribution in [3.8, 4) is 0 Å². The van der Waals surface area contributed by atoms with Crippen LogP contribution in [0.25, 0.3) is 0 Å². The van der Waals surface area contributed by atoms with Gasteiger partial charge < -0.3 is 9.88 Å². The van der Waals surface area contributed by atoms with Crippen molar-refractivity contribution >= 4 is 23.4 Å². The van der Waals surface area contributed by atoms with Gasteiger partial charge in [0.05, 0.1) is 5.69 Å². The van der Waals surface area contributed by atoms with E-state index in [9.17, 15) is 9.59 Å². The molecule has 2 aromatic heterocycles. The lowest BCUT2D eigenvalue weighted by Crippen LogP contribution is -2.30. The number of thioether (sulfide) groups is 1. The molecule has 0 spiro atoms. The normalized spacial score (nSPS) is 10.9. The molecule has 1 N–H and O–H groups in total. The molecule has 0 unspecified atom stereocenters. The third kappa shape index (κ3) is 4.26. The molecule has 0 radical (unpaired) electrons. The van der Waals surface area contributed by atoms with E-state index in [-0.39, 0.29) is 17.0 Å². The number of pyridine rings is 2. The van der Waals surface area contributed by atoms with Gasteiger partial charge in [0.15, 0.2) is 0 Å². The van der Waals surface area contributed by atoms with Crippen molar-refractivity contribution in [2.45, 2.75) is 38.8 Å². The first-order valence-corrected chi connectivity index (χ1v) is 9.17. The molecule has 0 aliphatic rings. The van der Waals surface area contributed by atoms with E-state index < -0.39 is 0 Å². The molecule has 128 valence electrons. The van der Waals surface area contributed by atoms with Gasteiger partial charge >= 0.3 is 0 Å². The van der Waals surface area contributed by atoms with Crippen LogP contribution in [0.5, 0.6) is 0 Å². The molecule has 0 aliphatic heterocycles. The van der Waals surface area contributed by atoms with E-state index in [1.807, 2.05) is 12.3 Å². The second kappa shape index (κ2) is 8.15. The summed E-state index contributed by atoms with van der Waals surface area (Å²) in [7, 11) is 0. The SMILES string of the molecule is CSc1ncccc1NC(=O)c1c(C)ccn(CCC(C)C)c1=O. The van der Waals surface area contributed by atoms with Gasteiger partial charge in [-0.1, -0.05) is 13.8 Å². The van der Waals surface area contributed by atoms with Crippen LogP contribution < -0.4 is 10.9 Å². The number of aryl methyl sites for hydroxylation is 2. The van der Waals surface area contributed by atoms with E-state index in [0.29, 0.717) is 23.7 Å². The van der Waals surface area contributed by atoms with Gasteiger partial charge in [-0.15, -0.1) is 11.8 Å². The van der Waals surface area contributed by atoms with Crippen LogP contribution in [-0.4, -0.2) is 21.7 Å². The summed E-state index contributed by atoms with van der Waals surface area (Å²) < 4.78 is 1.61. The Labute approximate surface area is 146 Å². The summed E-state index contributed by atoms with van der Waals surface area (Å²) in [5.74, 6) is 0.106. The molecule has 0 saturated carbocycles. The van der Waals surface area contributed by atoms with Gasteiger partial charge in [0.25, 0.3) is 11.5 Å². The fraction of sp³-hybridized carbons (Fsp3) is 0.389. The number of hydrogen-bond donors (Lipinski definition) is 1. The van der Waals surface area contributed by atoms with E-state index >= 15 is 0 Å².